The van der Waals surface area contributed by atoms with Crippen molar-refractivity contribution in [2.45, 2.75) is 0 Å². The van der Waals surface area contributed by atoms with E-state index in [9.17, 15) is 0 Å². The molecule has 6 aromatic heterocycles. The van der Waals surface area contributed by atoms with Crippen molar-refractivity contribution in [1.82, 2.24) is 34.5 Å². The molecule has 0 bridgehead atoms. The summed E-state index contributed by atoms with van der Waals surface area (Å²) < 4.78 is 18.8. The maximum absolute atomic E-state index is 7.01. The van der Waals surface area contributed by atoms with E-state index in [1.807, 2.05) is 72.0 Å². The number of hydrogen-bond donors (Lipinski definition) is 0. The molecular weight excluding hydrogens is 1170 g/mol. The number of para-hydroxylation sites is 3. The molecule has 0 atom stereocenters. The van der Waals surface area contributed by atoms with Gasteiger partial charge in [0.15, 0.2) is 40.5 Å². The number of aromatic nitrogens is 7. The average Bonchev–Trinajstić information content (AvgIpc) is 1.58. The van der Waals surface area contributed by atoms with Crippen molar-refractivity contribution in [2.24, 2.45) is 0 Å². The van der Waals surface area contributed by atoms with Crippen molar-refractivity contribution < 1.29 is 8.83 Å². The van der Waals surface area contributed by atoms with Crippen molar-refractivity contribution in [3.05, 3.63) is 297 Å². The molecule has 13 aromatic carbocycles. The van der Waals surface area contributed by atoms with E-state index >= 15 is 0 Å². The first kappa shape index (κ1) is 53.3. The van der Waals surface area contributed by atoms with E-state index in [0.717, 1.165) is 116 Å². The lowest BCUT2D eigenvalue weighted by Gasteiger charge is -2.11. The molecule has 0 spiro atoms. The monoisotopic (exact) mass is 1220 g/mol. The third-order valence-corrected chi connectivity index (χ3v) is 19.4. The SMILES string of the molecule is c1ccc(-c2nc(-c3ccc(-c4cccc(-c5nc(-c6ccccc6)nc(-c6ccc7c(c6)oc6c(-n8c9ccccc9c9c(-c%10ccccc%10)cccc98)cccc67)n5)c4)cc3)nc(-c3ccc4c(c3)oc3c(-c5cccc6c5sc5ccccc56)cccc34)n2)cc1. The predicted octanol–water partition coefficient (Wildman–Crippen LogP) is 22.3. The molecule has 0 aliphatic carbocycles. The van der Waals surface area contributed by atoms with Crippen LogP contribution in [0.2, 0.25) is 0 Å². The summed E-state index contributed by atoms with van der Waals surface area (Å²) >= 11 is 1.82. The van der Waals surface area contributed by atoms with Crippen LogP contribution >= 0.6 is 11.3 Å². The molecule has 6 heterocycles. The van der Waals surface area contributed by atoms with Gasteiger partial charge in [0.2, 0.25) is 0 Å². The van der Waals surface area contributed by atoms with E-state index in [-0.39, 0.29) is 0 Å². The van der Waals surface area contributed by atoms with Gasteiger partial charge in [-0.25, -0.2) is 29.9 Å². The van der Waals surface area contributed by atoms with Gasteiger partial charge < -0.3 is 13.4 Å². The number of thiophene rings is 1. The molecule has 0 fully saturated rings. The van der Waals surface area contributed by atoms with Gasteiger partial charge in [-0.05, 0) is 76.9 Å². The Labute approximate surface area is 541 Å². The Bertz CT molecular complexity index is 6230. The molecule has 19 rings (SSSR count). The average molecular weight is 1220 g/mol. The molecule has 0 saturated carbocycles. The molecule has 0 radical (unpaired) electrons. The molecule has 94 heavy (non-hydrogen) atoms. The maximum atomic E-state index is 7.01. The van der Waals surface area contributed by atoms with Crippen LogP contribution < -0.4 is 0 Å². The van der Waals surface area contributed by atoms with Gasteiger partial charge >= 0.3 is 0 Å². The van der Waals surface area contributed by atoms with Gasteiger partial charge in [-0.3, -0.25) is 0 Å². The van der Waals surface area contributed by atoms with Crippen LogP contribution in [0.3, 0.4) is 0 Å². The summed E-state index contributed by atoms with van der Waals surface area (Å²) in [6.07, 6.45) is 0. The number of furan rings is 2. The zero-order valence-corrected chi connectivity index (χ0v) is 51.0. The minimum Gasteiger partial charge on any atom is -0.455 e. The third-order valence-electron chi connectivity index (χ3n) is 18.1. The van der Waals surface area contributed by atoms with Crippen LogP contribution in [0.5, 0.6) is 0 Å². The summed E-state index contributed by atoms with van der Waals surface area (Å²) in [6.45, 7) is 0. The summed E-state index contributed by atoms with van der Waals surface area (Å²) in [5.74, 6) is 3.33. The highest BCUT2D eigenvalue weighted by atomic mass is 32.1. The largest absolute Gasteiger partial charge is 0.455 e. The number of rotatable bonds is 10. The summed E-state index contributed by atoms with van der Waals surface area (Å²) in [7, 11) is 0. The Morgan fingerprint density at radius 3 is 1.34 bits per heavy atom. The fourth-order valence-electron chi connectivity index (χ4n) is 13.7. The number of fused-ring (bicyclic) bond motifs is 12. The molecule has 0 N–H and O–H groups in total. The number of hydrogen-bond acceptors (Lipinski definition) is 9. The maximum Gasteiger partial charge on any atom is 0.164 e. The molecule has 10 heteroatoms. The number of nitrogens with zero attached hydrogens (tertiary/aromatic N) is 7. The van der Waals surface area contributed by atoms with Crippen LogP contribution in [0.15, 0.2) is 306 Å². The van der Waals surface area contributed by atoms with Crippen molar-refractivity contribution in [3.63, 3.8) is 0 Å². The Kier molecular flexibility index (Phi) is 12.3. The molecule has 438 valence electrons. The van der Waals surface area contributed by atoms with Crippen LogP contribution in [0.1, 0.15) is 0 Å². The number of benzene rings is 13. The summed E-state index contributed by atoms with van der Waals surface area (Å²) in [5, 5.41) is 9.01. The van der Waals surface area contributed by atoms with Crippen molar-refractivity contribution in [1.29, 1.82) is 0 Å². The van der Waals surface area contributed by atoms with Crippen LogP contribution in [0, 0.1) is 0 Å². The Hall–Kier alpha value is -12.5. The summed E-state index contributed by atoms with van der Waals surface area (Å²) in [6, 6.07) is 103. The third kappa shape index (κ3) is 8.83. The standard InChI is InChI=1S/C84H49N7O2S/c1-4-19-51(20-5-1)59-29-17-36-70-75(59)68-28-10-12-35-69(68)91(70)71-37-18-32-64-61-46-44-58(49-73(61)93-77(64)71)84-88-80(53-23-8-3-9-24-53)86-82(90-84)56-26-14-25-55(47-56)50-39-41-54(42-40-50)81-85-79(52-21-6-2-7-22-52)87-83(89-81)57-43-45-60-63-30-15-31-65(76(63)92-72(60)48-57)67-34-16-33-66-62-27-11-13-38-74(62)94-78(66)67/h1-49H. The van der Waals surface area contributed by atoms with Crippen molar-refractivity contribution in [2.75, 3.05) is 0 Å². The van der Waals surface area contributed by atoms with E-state index in [1.165, 1.54) is 42.1 Å². The van der Waals surface area contributed by atoms with E-state index in [0.29, 0.717) is 34.9 Å². The molecular formula is C84H49N7O2S. The van der Waals surface area contributed by atoms with Crippen molar-refractivity contribution >= 4 is 97.2 Å². The van der Waals surface area contributed by atoms with Crippen molar-refractivity contribution in [3.8, 4) is 107 Å². The molecule has 0 saturated heterocycles. The van der Waals surface area contributed by atoms with Gasteiger partial charge in [0, 0.05) is 97.0 Å². The highest BCUT2D eigenvalue weighted by Gasteiger charge is 2.23. The quantitative estimate of drug-likeness (QED) is 0.133. The lowest BCUT2D eigenvalue weighted by molar-refractivity contribution is 0.666. The second kappa shape index (κ2) is 21.6. The molecule has 19 aromatic rings. The molecule has 0 amide bonds. The summed E-state index contributed by atoms with van der Waals surface area (Å²) in [4.78, 5) is 30.9. The van der Waals surface area contributed by atoms with E-state index in [2.05, 4.69) is 241 Å². The first-order valence-electron chi connectivity index (χ1n) is 31.3. The predicted molar refractivity (Wildman–Crippen MR) is 384 cm³/mol. The smallest absolute Gasteiger partial charge is 0.164 e. The highest BCUT2D eigenvalue weighted by molar-refractivity contribution is 7.26. The van der Waals surface area contributed by atoms with Gasteiger partial charge in [-0.15, -0.1) is 11.3 Å². The van der Waals surface area contributed by atoms with E-state index in [4.69, 9.17) is 38.7 Å². The first-order valence-corrected chi connectivity index (χ1v) is 32.1. The van der Waals surface area contributed by atoms with Gasteiger partial charge in [-0.1, -0.05) is 243 Å². The minimum atomic E-state index is 0.534. The Balaban J connectivity index is 0.665. The fourth-order valence-corrected chi connectivity index (χ4v) is 14.9. The minimum absolute atomic E-state index is 0.534. The zero-order valence-electron chi connectivity index (χ0n) is 50.1. The summed E-state index contributed by atoms with van der Waals surface area (Å²) in [5.41, 5.74) is 18.0. The molecule has 9 nitrogen and oxygen atoms in total. The van der Waals surface area contributed by atoms with Crippen LogP contribution in [-0.2, 0) is 0 Å². The van der Waals surface area contributed by atoms with Crippen LogP contribution in [0.25, 0.3) is 193 Å². The molecule has 0 unspecified atom stereocenters. The second-order valence-corrected chi connectivity index (χ2v) is 24.7. The lowest BCUT2D eigenvalue weighted by atomic mass is 9.99. The van der Waals surface area contributed by atoms with E-state index in [1.54, 1.807) is 0 Å². The second-order valence-electron chi connectivity index (χ2n) is 23.7. The zero-order chi connectivity index (χ0) is 61.8. The van der Waals surface area contributed by atoms with Crippen LogP contribution in [0.4, 0.5) is 0 Å². The molecule has 0 aliphatic rings. The Morgan fingerprint density at radius 1 is 0.255 bits per heavy atom. The lowest BCUT2D eigenvalue weighted by Crippen LogP contribution is -2.00. The molecule has 0 aliphatic heterocycles. The van der Waals surface area contributed by atoms with E-state index < -0.39 is 0 Å². The first-order chi connectivity index (χ1) is 46.6. The highest BCUT2D eigenvalue weighted by Crippen LogP contribution is 2.46. The van der Waals surface area contributed by atoms with Gasteiger partial charge in [-0.2, -0.15) is 0 Å². The normalized spacial score (nSPS) is 11.8. The van der Waals surface area contributed by atoms with Crippen LogP contribution in [-0.4, -0.2) is 34.5 Å². The topological polar surface area (TPSA) is 109 Å². The van der Waals surface area contributed by atoms with Gasteiger partial charge in [0.25, 0.3) is 0 Å². The van der Waals surface area contributed by atoms with Gasteiger partial charge in [0.05, 0.1) is 16.7 Å². The fraction of sp³-hybridized carbons (Fsp3) is 0. The van der Waals surface area contributed by atoms with Gasteiger partial charge in [0.1, 0.15) is 16.7 Å². The Morgan fingerprint density at radius 2 is 0.681 bits per heavy atom.